The molecular weight excluding hydrogens is 335 g/mol. The second-order valence-corrected chi connectivity index (χ2v) is 7.36. The molecule has 1 aromatic rings. The van der Waals surface area contributed by atoms with Gasteiger partial charge in [0, 0.05) is 17.1 Å². The van der Waals surface area contributed by atoms with Crippen LogP contribution in [0.3, 0.4) is 0 Å². The van der Waals surface area contributed by atoms with E-state index in [0.717, 1.165) is 32.1 Å². The van der Waals surface area contributed by atoms with Crippen molar-refractivity contribution in [1.82, 2.24) is 10.2 Å². The lowest BCUT2D eigenvalue weighted by molar-refractivity contribution is -0.134. The van der Waals surface area contributed by atoms with Crippen LogP contribution in [0.4, 0.5) is 0 Å². The van der Waals surface area contributed by atoms with Crippen LogP contribution in [0.15, 0.2) is 12.1 Å². The Kier molecular flexibility index (Phi) is 4.77. The first-order valence-electron chi connectivity index (χ1n) is 8.25. The summed E-state index contributed by atoms with van der Waals surface area (Å²) in [7, 11) is 0. The minimum atomic E-state index is -0.501. The summed E-state index contributed by atoms with van der Waals surface area (Å²) in [5.74, 6) is 0.134. The fourth-order valence-corrected chi connectivity index (χ4v) is 4.33. The average molecular weight is 357 g/mol. The van der Waals surface area contributed by atoms with Gasteiger partial charge >= 0.3 is 0 Å². The van der Waals surface area contributed by atoms with Gasteiger partial charge < -0.3 is 10.0 Å². The van der Waals surface area contributed by atoms with Gasteiger partial charge in [-0.15, -0.1) is 0 Å². The van der Waals surface area contributed by atoms with Crippen LogP contribution >= 0.6 is 23.2 Å². The number of nitrogens with one attached hydrogen (secondary N) is 1. The summed E-state index contributed by atoms with van der Waals surface area (Å²) in [6.07, 6.45) is 5.44. The Labute approximate surface area is 146 Å². The Morgan fingerprint density at radius 3 is 2.65 bits per heavy atom. The lowest BCUT2D eigenvalue weighted by Gasteiger charge is -2.31. The zero-order valence-electron chi connectivity index (χ0n) is 13.2. The molecule has 0 bridgehead atoms. The number of carbonyl (C=O) groups excluding carboxylic acids is 1. The first kappa shape index (κ1) is 16.9. The van der Waals surface area contributed by atoms with Crippen LogP contribution in [0.25, 0.3) is 0 Å². The Balaban J connectivity index is 2.01. The molecule has 1 spiro atoms. The third-order valence-electron chi connectivity index (χ3n) is 4.92. The first-order valence-corrected chi connectivity index (χ1v) is 9.01. The predicted molar refractivity (Wildman–Crippen MR) is 91.8 cm³/mol. The summed E-state index contributed by atoms with van der Waals surface area (Å²) in [5, 5.41) is 14.5. The van der Waals surface area contributed by atoms with Crippen LogP contribution in [0.5, 0.6) is 5.75 Å². The third kappa shape index (κ3) is 2.92. The monoisotopic (exact) mass is 356 g/mol. The Hall–Kier alpha value is -0.970. The topological polar surface area (TPSA) is 52.6 Å². The molecule has 126 valence electrons. The zero-order chi connectivity index (χ0) is 16.6. The highest BCUT2D eigenvalue weighted by Crippen LogP contribution is 2.43. The van der Waals surface area contributed by atoms with Gasteiger partial charge in [-0.05, 0) is 31.4 Å². The van der Waals surface area contributed by atoms with E-state index >= 15 is 0 Å². The number of halogens is 2. The number of phenols is 1. The lowest BCUT2D eigenvalue weighted by atomic mass is 9.81. The van der Waals surface area contributed by atoms with E-state index in [4.69, 9.17) is 23.2 Å². The standard InChI is InChI=1S/C17H22Cl2N2O2/c1-2-8-21-15(12-9-11(18)10-13(19)14(12)22)20-17(16(21)23)6-4-3-5-7-17/h9-10,15,20,22H,2-8H2,1H3/t15-/m0/s1. The molecule has 2 aliphatic rings. The molecule has 6 heteroatoms. The van der Waals surface area contributed by atoms with Crippen molar-refractivity contribution in [2.24, 2.45) is 0 Å². The van der Waals surface area contributed by atoms with Gasteiger partial charge in [0.2, 0.25) is 5.91 Å². The normalized spacial score (nSPS) is 23.7. The van der Waals surface area contributed by atoms with Crippen molar-refractivity contribution in [3.8, 4) is 5.75 Å². The highest BCUT2D eigenvalue weighted by atomic mass is 35.5. The van der Waals surface area contributed by atoms with Crippen molar-refractivity contribution in [2.45, 2.75) is 57.2 Å². The second kappa shape index (κ2) is 6.50. The fourth-order valence-electron chi connectivity index (χ4n) is 3.82. The van der Waals surface area contributed by atoms with Crippen LogP contribution in [-0.2, 0) is 4.79 Å². The highest BCUT2D eigenvalue weighted by molar-refractivity contribution is 6.35. The van der Waals surface area contributed by atoms with Gasteiger partial charge in [0.1, 0.15) is 11.9 Å². The number of phenolic OH excluding ortho intramolecular Hbond substituents is 1. The fraction of sp³-hybridized carbons (Fsp3) is 0.588. The number of hydrogen-bond acceptors (Lipinski definition) is 3. The summed E-state index contributed by atoms with van der Waals surface area (Å²) in [6, 6.07) is 3.21. The van der Waals surface area contributed by atoms with E-state index < -0.39 is 5.54 Å². The van der Waals surface area contributed by atoms with Crippen molar-refractivity contribution < 1.29 is 9.90 Å². The molecule has 23 heavy (non-hydrogen) atoms. The minimum Gasteiger partial charge on any atom is -0.506 e. The molecule has 3 rings (SSSR count). The van der Waals surface area contributed by atoms with Crippen molar-refractivity contribution in [3.63, 3.8) is 0 Å². The Bertz CT molecular complexity index is 615. The van der Waals surface area contributed by atoms with Crippen molar-refractivity contribution in [3.05, 3.63) is 27.7 Å². The van der Waals surface area contributed by atoms with E-state index in [0.29, 0.717) is 17.1 Å². The number of nitrogens with zero attached hydrogens (tertiary/aromatic N) is 1. The van der Waals surface area contributed by atoms with Crippen LogP contribution < -0.4 is 5.32 Å². The number of carbonyl (C=O) groups is 1. The molecule has 0 unspecified atom stereocenters. The Morgan fingerprint density at radius 2 is 2.00 bits per heavy atom. The third-order valence-corrected chi connectivity index (χ3v) is 5.43. The van der Waals surface area contributed by atoms with E-state index in [1.54, 1.807) is 6.07 Å². The summed E-state index contributed by atoms with van der Waals surface area (Å²) >= 11 is 12.2. The largest absolute Gasteiger partial charge is 0.506 e. The van der Waals surface area contributed by atoms with Gasteiger partial charge in [-0.2, -0.15) is 0 Å². The summed E-state index contributed by atoms with van der Waals surface area (Å²) in [4.78, 5) is 14.9. The second-order valence-electron chi connectivity index (χ2n) is 6.51. The minimum absolute atomic E-state index is 0.00432. The number of hydrogen-bond donors (Lipinski definition) is 2. The maximum absolute atomic E-state index is 13.1. The molecule has 1 aromatic carbocycles. The van der Waals surface area contributed by atoms with Crippen LogP contribution in [0.2, 0.25) is 10.0 Å². The number of aromatic hydroxyl groups is 1. The summed E-state index contributed by atoms with van der Waals surface area (Å²) in [5.41, 5.74) is 0.0750. The lowest BCUT2D eigenvalue weighted by Crippen LogP contribution is -2.48. The molecule has 1 saturated heterocycles. The summed E-state index contributed by atoms with van der Waals surface area (Å²) < 4.78 is 0. The average Bonchev–Trinajstić information content (AvgIpc) is 2.78. The molecule has 1 heterocycles. The zero-order valence-corrected chi connectivity index (χ0v) is 14.8. The highest BCUT2D eigenvalue weighted by Gasteiger charge is 2.51. The van der Waals surface area contributed by atoms with Crippen LogP contribution in [-0.4, -0.2) is 28.0 Å². The van der Waals surface area contributed by atoms with Gasteiger partial charge in [0.25, 0.3) is 0 Å². The maximum Gasteiger partial charge on any atom is 0.244 e. The molecule has 0 radical (unpaired) electrons. The predicted octanol–water partition coefficient (Wildman–Crippen LogP) is 4.24. The van der Waals surface area contributed by atoms with E-state index in [-0.39, 0.29) is 22.8 Å². The summed E-state index contributed by atoms with van der Waals surface area (Å²) in [6.45, 7) is 2.68. The van der Waals surface area contributed by atoms with Gasteiger partial charge in [-0.25, -0.2) is 0 Å². The van der Waals surface area contributed by atoms with Gasteiger partial charge in [0.05, 0.1) is 10.6 Å². The molecule has 2 N–H and O–H groups in total. The number of rotatable bonds is 3. The molecule has 1 saturated carbocycles. The van der Waals surface area contributed by atoms with Crippen molar-refractivity contribution in [2.75, 3.05) is 6.54 Å². The van der Waals surface area contributed by atoms with Crippen LogP contribution in [0.1, 0.15) is 57.2 Å². The van der Waals surface area contributed by atoms with E-state index in [9.17, 15) is 9.90 Å². The molecule has 1 aliphatic heterocycles. The molecule has 1 amide bonds. The van der Waals surface area contributed by atoms with Gasteiger partial charge in [0.15, 0.2) is 0 Å². The maximum atomic E-state index is 13.1. The smallest absolute Gasteiger partial charge is 0.244 e. The van der Waals surface area contributed by atoms with Crippen molar-refractivity contribution >= 4 is 29.1 Å². The molecule has 1 atom stereocenters. The van der Waals surface area contributed by atoms with E-state index in [1.807, 2.05) is 11.8 Å². The molecule has 0 aromatic heterocycles. The Morgan fingerprint density at radius 1 is 1.30 bits per heavy atom. The number of amides is 1. The van der Waals surface area contributed by atoms with Crippen molar-refractivity contribution in [1.29, 1.82) is 0 Å². The van der Waals surface area contributed by atoms with Gasteiger partial charge in [-0.3, -0.25) is 10.1 Å². The van der Waals surface area contributed by atoms with Gasteiger partial charge in [-0.1, -0.05) is 49.4 Å². The molecule has 2 fully saturated rings. The number of benzene rings is 1. The SMILES string of the molecule is CCCN1C(=O)C2(CCCCC2)N[C@@H]1c1cc(Cl)cc(Cl)c1O. The molecule has 1 aliphatic carbocycles. The first-order chi connectivity index (χ1) is 11.0. The van der Waals surface area contributed by atoms with E-state index in [2.05, 4.69) is 5.32 Å². The van der Waals surface area contributed by atoms with E-state index in [1.165, 1.54) is 12.5 Å². The molecular formula is C17H22Cl2N2O2. The quantitative estimate of drug-likeness (QED) is 0.851. The van der Waals surface area contributed by atoms with Crippen LogP contribution in [0, 0.1) is 0 Å². The molecule has 4 nitrogen and oxygen atoms in total.